The summed E-state index contributed by atoms with van der Waals surface area (Å²) >= 11 is 3.14. The van der Waals surface area contributed by atoms with Gasteiger partial charge in [0.15, 0.2) is 0 Å². The first-order valence-electron chi connectivity index (χ1n) is 9.99. The summed E-state index contributed by atoms with van der Waals surface area (Å²) in [5, 5.41) is 11.4. The van der Waals surface area contributed by atoms with Gasteiger partial charge in [0, 0.05) is 55.7 Å². The number of rotatable bonds is 8. The Hall–Kier alpha value is -1.91. The molecule has 0 spiro atoms. The molecule has 0 aliphatic carbocycles. The maximum absolute atomic E-state index is 13.6. The largest absolute Gasteiger partial charge is 0.383 e. The van der Waals surface area contributed by atoms with Gasteiger partial charge in [-0.15, -0.1) is 22.7 Å². The zero-order chi connectivity index (χ0) is 21.1. The van der Waals surface area contributed by atoms with Gasteiger partial charge in [0.05, 0.1) is 16.8 Å². The van der Waals surface area contributed by atoms with Crippen molar-refractivity contribution in [2.45, 2.75) is 32.4 Å². The first-order valence-corrected chi connectivity index (χ1v) is 11.6. The molecular weight excluding hydrogens is 423 g/mol. The molecule has 4 rings (SSSR count). The predicted octanol–water partition coefficient (Wildman–Crippen LogP) is 3.76. The molecule has 0 radical (unpaired) electrons. The number of carbonyl (C=O) groups excluding carboxylic acids is 1. The Kier molecular flexibility index (Phi) is 6.74. The number of hydrogen-bond acceptors (Lipinski definition) is 7. The SMILES string of the molecule is COCCNCCC(=O)Nc1sc2c(c1-c1nc3cc(F)ccc3s1)C[C@H](C)NC2. The lowest BCUT2D eigenvalue weighted by Crippen LogP contribution is -2.32. The second-order valence-corrected chi connectivity index (χ2v) is 9.50. The number of amides is 1. The van der Waals surface area contributed by atoms with Crippen LogP contribution in [0.4, 0.5) is 9.39 Å². The van der Waals surface area contributed by atoms with Crippen LogP contribution in [0.2, 0.25) is 0 Å². The normalized spacial score (nSPS) is 16.0. The fourth-order valence-electron chi connectivity index (χ4n) is 3.53. The lowest BCUT2D eigenvalue weighted by atomic mass is 9.99. The molecule has 0 saturated heterocycles. The molecule has 3 N–H and O–H groups in total. The number of halogens is 1. The third kappa shape index (κ3) is 4.70. The molecule has 1 aromatic carbocycles. The van der Waals surface area contributed by atoms with E-state index in [0.29, 0.717) is 37.7 Å². The van der Waals surface area contributed by atoms with Gasteiger partial charge in [0.2, 0.25) is 5.91 Å². The third-order valence-corrected chi connectivity index (χ3v) is 7.24. The maximum atomic E-state index is 13.6. The third-order valence-electron chi connectivity index (χ3n) is 5.04. The number of thiophene rings is 1. The van der Waals surface area contributed by atoms with Crippen LogP contribution >= 0.6 is 22.7 Å². The first-order chi connectivity index (χ1) is 14.5. The van der Waals surface area contributed by atoms with Crippen molar-refractivity contribution in [3.63, 3.8) is 0 Å². The number of hydrogen-bond donors (Lipinski definition) is 3. The number of carbonyl (C=O) groups is 1. The van der Waals surface area contributed by atoms with E-state index < -0.39 is 0 Å². The van der Waals surface area contributed by atoms with Crippen LogP contribution in [0.3, 0.4) is 0 Å². The van der Waals surface area contributed by atoms with Crippen LogP contribution < -0.4 is 16.0 Å². The van der Waals surface area contributed by atoms with Crippen molar-refractivity contribution < 1.29 is 13.9 Å². The molecule has 0 fully saturated rings. The molecule has 1 amide bonds. The summed E-state index contributed by atoms with van der Waals surface area (Å²) < 4.78 is 19.6. The predicted molar refractivity (Wildman–Crippen MR) is 121 cm³/mol. The van der Waals surface area contributed by atoms with Crippen LogP contribution in [0, 0.1) is 5.82 Å². The average Bonchev–Trinajstić information content (AvgIpc) is 3.27. The van der Waals surface area contributed by atoms with E-state index in [1.165, 1.54) is 33.9 Å². The van der Waals surface area contributed by atoms with E-state index in [1.807, 2.05) is 0 Å². The van der Waals surface area contributed by atoms with Gasteiger partial charge >= 0.3 is 0 Å². The zero-order valence-electron chi connectivity index (χ0n) is 17.0. The number of benzene rings is 1. The highest BCUT2D eigenvalue weighted by Crippen LogP contribution is 2.45. The highest BCUT2D eigenvalue weighted by molar-refractivity contribution is 7.22. The van der Waals surface area contributed by atoms with E-state index >= 15 is 0 Å². The minimum absolute atomic E-state index is 0.0343. The Balaban J connectivity index is 1.61. The van der Waals surface area contributed by atoms with E-state index in [2.05, 4.69) is 22.9 Å². The number of anilines is 1. The van der Waals surface area contributed by atoms with Gasteiger partial charge < -0.3 is 20.7 Å². The van der Waals surface area contributed by atoms with E-state index in [9.17, 15) is 9.18 Å². The molecule has 1 atom stereocenters. The zero-order valence-corrected chi connectivity index (χ0v) is 18.6. The Morgan fingerprint density at radius 3 is 3.07 bits per heavy atom. The minimum Gasteiger partial charge on any atom is -0.383 e. The Bertz CT molecular complexity index is 1050. The van der Waals surface area contributed by atoms with Crippen LogP contribution in [0.15, 0.2) is 18.2 Å². The summed E-state index contributed by atoms with van der Waals surface area (Å²) in [6.45, 7) is 4.86. The summed E-state index contributed by atoms with van der Waals surface area (Å²) in [5.41, 5.74) is 2.88. The maximum Gasteiger partial charge on any atom is 0.226 e. The molecule has 0 saturated carbocycles. The van der Waals surface area contributed by atoms with Crippen molar-refractivity contribution in [3.05, 3.63) is 34.5 Å². The Morgan fingerprint density at radius 1 is 1.37 bits per heavy atom. The summed E-state index contributed by atoms with van der Waals surface area (Å²) in [5.74, 6) is -0.327. The van der Waals surface area contributed by atoms with Gasteiger partial charge in [0.1, 0.15) is 15.8 Å². The number of fused-ring (bicyclic) bond motifs is 2. The van der Waals surface area contributed by atoms with Crippen molar-refractivity contribution in [3.8, 4) is 10.6 Å². The quantitative estimate of drug-likeness (QED) is 0.458. The molecule has 1 aliphatic rings. The van der Waals surface area contributed by atoms with Crippen LogP contribution in [0.5, 0.6) is 0 Å². The number of thiazole rings is 1. The lowest BCUT2D eigenvalue weighted by molar-refractivity contribution is -0.116. The number of methoxy groups -OCH3 is 1. The van der Waals surface area contributed by atoms with Crippen LogP contribution in [0.1, 0.15) is 23.8 Å². The van der Waals surface area contributed by atoms with Crippen molar-refractivity contribution in [2.24, 2.45) is 0 Å². The van der Waals surface area contributed by atoms with Gasteiger partial charge in [-0.3, -0.25) is 4.79 Å². The topological polar surface area (TPSA) is 75.3 Å². The van der Waals surface area contributed by atoms with E-state index in [1.54, 1.807) is 24.5 Å². The van der Waals surface area contributed by atoms with E-state index in [4.69, 9.17) is 9.72 Å². The molecular formula is C21H25FN4O2S2. The van der Waals surface area contributed by atoms with Crippen molar-refractivity contribution in [2.75, 3.05) is 32.1 Å². The number of aromatic nitrogens is 1. The Morgan fingerprint density at radius 2 is 2.23 bits per heavy atom. The van der Waals surface area contributed by atoms with Crippen molar-refractivity contribution in [1.82, 2.24) is 15.6 Å². The highest BCUT2D eigenvalue weighted by Gasteiger charge is 2.27. The molecule has 0 bridgehead atoms. The van der Waals surface area contributed by atoms with Crippen molar-refractivity contribution in [1.29, 1.82) is 0 Å². The minimum atomic E-state index is -0.293. The van der Waals surface area contributed by atoms with Gasteiger partial charge in [-0.05, 0) is 31.0 Å². The molecule has 160 valence electrons. The second kappa shape index (κ2) is 9.49. The first kappa shape index (κ1) is 21.3. The standard InChI is InChI=1S/C21H25FN4O2S2/c1-12-9-14-17(11-24-12)30-21(26-18(27)5-6-23-7-8-28-2)19(14)20-25-15-10-13(22)3-4-16(15)29-20/h3-4,10,12,23-24H,5-9,11H2,1-2H3,(H,26,27)/t12-/m0/s1. The molecule has 3 aromatic rings. The lowest BCUT2D eigenvalue weighted by Gasteiger charge is -2.20. The fourth-order valence-corrected chi connectivity index (χ4v) is 5.82. The molecule has 0 unspecified atom stereocenters. The Labute approximate surface area is 182 Å². The molecule has 9 heteroatoms. The monoisotopic (exact) mass is 448 g/mol. The molecule has 6 nitrogen and oxygen atoms in total. The number of ether oxygens (including phenoxy) is 1. The van der Waals surface area contributed by atoms with E-state index in [-0.39, 0.29) is 11.7 Å². The molecule has 1 aliphatic heterocycles. The summed E-state index contributed by atoms with van der Waals surface area (Å²) in [7, 11) is 1.65. The summed E-state index contributed by atoms with van der Waals surface area (Å²) in [6, 6.07) is 5.03. The number of nitrogens with zero attached hydrogens (tertiary/aromatic N) is 1. The van der Waals surface area contributed by atoms with Crippen LogP contribution in [-0.4, -0.2) is 43.7 Å². The second-order valence-electron chi connectivity index (χ2n) is 7.37. The van der Waals surface area contributed by atoms with Crippen LogP contribution in [-0.2, 0) is 22.5 Å². The molecule has 3 heterocycles. The van der Waals surface area contributed by atoms with Gasteiger partial charge in [0.25, 0.3) is 0 Å². The summed E-state index contributed by atoms with van der Waals surface area (Å²) in [4.78, 5) is 18.5. The summed E-state index contributed by atoms with van der Waals surface area (Å²) in [6.07, 6.45) is 1.26. The van der Waals surface area contributed by atoms with Crippen molar-refractivity contribution >= 4 is 43.8 Å². The average molecular weight is 449 g/mol. The smallest absolute Gasteiger partial charge is 0.226 e. The highest BCUT2D eigenvalue weighted by atomic mass is 32.1. The number of nitrogens with one attached hydrogen (secondary N) is 3. The van der Waals surface area contributed by atoms with Crippen LogP contribution in [0.25, 0.3) is 20.8 Å². The fraction of sp³-hybridized carbons (Fsp3) is 0.429. The molecule has 30 heavy (non-hydrogen) atoms. The molecule has 2 aromatic heterocycles. The van der Waals surface area contributed by atoms with Gasteiger partial charge in [-0.1, -0.05) is 0 Å². The van der Waals surface area contributed by atoms with Gasteiger partial charge in [-0.25, -0.2) is 9.37 Å². The van der Waals surface area contributed by atoms with Gasteiger partial charge in [-0.2, -0.15) is 0 Å². The van der Waals surface area contributed by atoms with E-state index in [0.717, 1.165) is 33.2 Å².